The number of methoxy groups -OCH3 is 2. The molecular weight excluding hydrogens is 458 g/mol. The Morgan fingerprint density at radius 2 is 2.03 bits per heavy atom. The molecular formula is C24H29N3O6S. The molecule has 0 aliphatic carbocycles. The first-order valence-electron chi connectivity index (χ1n) is 11.3. The molecule has 1 amide bonds. The van der Waals surface area contributed by atoms with Crippen LogP contribution in [0.3, 0.4) is 0 Å². The van der Waals surface area contributed by atoms with Crippen molar-refractivity contribution >= 4 is 28.3 Å². The summed E-state index contributed by atoms with van der Waals surface area (Å²) in [6.07, 6.45) is 5.38. The number of cyclic esters (lactones) is 1. The summed E-state index contributed by atoms with van der Waals surface area (Å²) in [5.41, 5.74) is 3.99. The van der Waals surface area contributed by atoms with Gasteiger partial charge in [0.05, 0.1) is 14.2 Å². The number of carbonyl (C=O) groups is 2. The quantitative estimate of drug-likeness (QED) is 0.412. The number of nitrogens with one attached hydrogen (secondary N) is 1. The summed E-state index contributed by atoms with van der Waals surface area (Å²) in [7, 11) is 3.14. The third-order valence-corrected chi connectivity index (χ3v) is 7.05. The highest BCUT2D eigenvalue weighted by Crippen LogP contribution is 2.42. The maximum atomic E-state index is 12.4. The van der Waals surface area contributed by atoms with Gasteiger partial charge in [-0.25, -0.2) is 4.79 Å². The minimum atomic E-state index is -0.379. The average molecular weight is 488 g/mol. The van der Waals surface area contributed by atoms with E-state index in [2.05, 4.69) is 15.5 Å². The molecule has 1 N–H and O–H groups in total. The van der Waals surface area contributed by atoms with Gasteiger partial charge in [0, 0.05) is 24.2 Å². The van der Waals surface area contributed by atoms with Crippen LogP contribution in [-0.4, -0.2) is 42.9 Å². The van der Waals surface area contributed by atoms with Crippen LogP contribution in [0.2, 0.25) is 0 Å². The molecule has 34 heavy (non-hydrogen) atoms. The second-order valence-corrected chi connectivity index (χ2v) is 9.36. The van der Waals surface area contributed by atoms with E-state index in [1.165, 1.54) is 18.4 Å². The van der Waals surface area contributed by atoms with Gasteiger partial charge in [-0.1, -0.05) is 23.0 Å². The second-order valence-electron chi connectivity index (χ2n) is 8.35. The van der Waals surface area contributed by atoms with Gasteiger partial charge in [0.25, 0.3) is 0 Å². The summed E-state index contributed by atoms with van der Waals surface area (Å²) in [5, 5.41) is 12.3. The Morgan fingerprint density at radius 1 is 1.24 bits per heavy atom. The van der Waals surface area contributed by atoms with Crippen molar-refractivity contribution in [2.24, 2.45) is 0 Å². The summed E-state index contributed by atoms with van der Waals surface area (Å²) < 4.78 is 22.1. The van der Waals surface area contributed by atoms with E-state index in [0.717, 1.165) is 46.7 Å². The number of ether oxygens (including phenoxy) is 4. The number of carbonyl (C=O) groups excluding carboxylic acids is 2. The van der Waals surface area contributed by atoms with E-state index >= 15 is 0 Å². The standard InChI is InChI=1S/C24H29N3O6S/c1-13(8-10-18(28)25-24-27-26-22(34-24)17-6-5-11-32-17)7-9-15-20(30-3)14(2)16-12-33-23(29)19(16)21(15)31-4/h7,17H,5-6,8-12H2,1-4H3,(H,25,27,28). The summed E-state index contributed by atoms with van der Waals surface area (Å²) >= 11 is 1.36. The number of allylic oxidation sites excluding steroid dienone is 2. The topological polar surface area (TPSA) is 109 Å². The Hall–Kier alpha value is -2.98. The van der Waals surface area contributed by atoms with Crippen molar-refractivity contribution in [2.75, 3.05) is 26.1 Å². The van der Waals surface area contributed by atoms with Crippen LogP contribution in [0.4, 0.5) is 5.13 Å². The van der Waals surface area contributed by atoms with Gasteiger partial charge in [-0.3, -0.25) is 4.79 Å². The van der Waals surface area contributed by atoms with Crippen LogP contribution in [0, 0.1) is 6.92 Å². The molecule has 0 bridgehead atoms. The first-order valence-corrected chi connectivity index (χ1v) is 12.1. The number of aromatic nitrogens is 2. The van der Waals surface area contributed by atoms with E-state index in [4.69, 9.17) is 18.9 Å². The highest BCUT2D eigenvalue weighted by Gasteiger charge is 2.32. The molecule has 2 aliphatic heterocycles. The van der Waals surface area contributed by atoms with Gasteiger partial charge in [-0.15, -0.1) is 10.2 Å². The van der Waals surface area contributed by atoms with Gasteiger partial charge in [0.2, 0.25) is 11.0 Å². The summed E-state index contributed by atoms with van der Waals surface area (Å²) in [6.45, 7) is 4.85. The van der Waals surface area contributed by atoms with Gasteiger partial charge in [0.15, 0.2) is 0 Å². The summed E-state index contributed by atoms with van der Waals surface area (Å²) in [6, 6.07) is 0. The van der Waals surface area contributed by atoms with Gasteiger partial charge in [-0.2, -0.15) is 0 Å². The normalized spacial score (nSPS) is 17.5. The highest BCUT2D eigenvalue weighted by atomic mass is 32.1. The molecule has 1 aromatic heterocycles. The van der Waals surface area contributed by atoms with Crippen LogP contribution in [-0.2, 0) is 27.3 Å². The molecule has 1 fully saturated rings. The van der Waals surface area contributed by atoms with Crippen molar-refractivity contribution in [3.63, 3.8) is 0 Å². The lowest BCUT2D eigenvalue weighted by Gasteiger charge is -2.18. The maximum absolute atomic E-state index is 12.4. The van der Waals surface area contributed by atoms with E-state index in [0.29, 0.717) is 41.5 Å². The molecule has 1 atom stereocenters. The van der Waals surface area contributed by atoms with Gasteiger partial charge < -0.3 is 24.3 Å². The van der Waals surface area contributed by atoms with E-state index in [9.17, 15) is 9.59 Å². The smallest absolute Gasteiger partial charge is 0.342 e. The predicted molar refractivity (Wildman–Crippen MR) is 127 cm³/mol. The molecule has 182 valence electrons. The SMILES string of the molecule is COc1c(C)c2c(c(OC)c1CC=C(C)CCC(=O)Nc1nnc(C3CCCO3)s1)C(=O)OC2. The Bertz CT molecular complexity index is 1120. The molecule has 4 rings (SSSR count). The number of amides is 1. The molecule has 3 heterocycles. The van der Waals surface area contributed by atoms with E-state index in [1.807, 2.05) is 19.9 Å². The second kappa shape index (κ2) is 10.5. The number of rotatable bonds is 9. The van der Waals surface area contributed by atoms with Crippen LogP contribution in [0.15, 0.2) is 11.6 Å². The number of esters is 1. The number of nitrogens with zero attached hydrogens (tertiary/aromatic N) is 2. The zero-order chi connectivity index (χ0) is 24.2. The molecule has 1 aromatic carbocycles. The third-order valence-electron chi connectivity index (χ3n) is 6.12. The highest BCUT2D eigenvalue weighted by molar-refractivity contribution is 7.15. The lowest BCUT2D eigenvalue weighted by molar-refractivity contribution is -0.116. The lowest BCUT2D eigenvalue weighted by atomic mass is 9.94. The molecule has 10 heteroatoms. The number of anilines is 1. The van der Waals surface area contributed by atoms with Crippen molar-refractivity contribution in [2.45, 2.75) is 58.7 Å². The Morgan fingerprint density at radius 3 is 2.74 bits per heavy atom. The fraction of sp³-hybridized carbons (Fsp3) is 0.500. The zero-order valence-electron chi connectivity index (χ0n) is 19.9. The number of benzene rings is 1. The van der Waals surface area contributed by atoms with Crippen LogP contribution in [0.25, 0.3) is 0 Å². The number of fused-ring (bicyclic) bond motifs is 1. The van der Waals surface area contributed by atoms with Crippen molar-refractivity contribution in [3.05, 3.63) is 38.9 Å². The number of hydrogen-bond donors (Lipinski definition) is 1. The maximum Gasteiger partial charge on any atom is 0.342 e. The van der Waals surface area contributed by atoms with Crippen molar-refractivity contribution in [1.82, 2.24) is 10.2 Å². The van der Waals surface area contributed by atoms with Crippen LogP contribution in [0.5, 0.6) is 11.5 Å². The van der Waals surface area contributed by atoms with E-state index < -0.39 is 0 Å². The lowest BCUT2D eigenvalue weighted by Crippen LogP contribution is -2.11. The third kappa shape index (κ3) is 4.92. The molecule has 2 aromatic rings. The molecule has 2 aliphatic rings. The largest absolute Gasteiger partial charge is 0.496 e. The van der Waals surface area contributed by atoms with Gasteiger partial charge >= 0.3 is 5.97 Å². The molecule has 0 radical (unpaired) electrons. The fourth-order valence-electron chi connectivity index (χ4n) is 4.29. The van der Waals surface area contributed by atoms with Crippen LogP contribution >= 0.6 is 11.3 Å². The minimum absolute atomic E-state index is 0.00739. The monoisotopic (exact) mass is 487 g/mol. The van der Waals surface area contributed by atoms with Gasteiger partial charge in [-0.05, 0) is 45.1 Å². The fourth-order valence-corrected chi connectivity index (χ4v) is 5.14. The first-order chi connectivity index (χ1) is 16.4. The molecule has 0 spiro atoms. The predicted octanol–water partition coefficient (Wildman–Crippen LogP) is 4.29. The van der Waals surface area contributed by atoms with Crippen molar-refractivity contribution in [3.8, 4) is 11.5 Å². The minimum Gasteiger partial charge on any atom is -0.496 e. The van der Waals surface area contributed by atoms with Crippen molar-refractivity contribution < 1.29 is 28.5 Å². The van der Waals surface area contributed by atoms with E-state index in [-0.39, 0.29) is 24.6 Å². The van der Waals surface area contributed by atoms with Crippen LogP contribution in [0.1, 0.15) is 70.8 Å². The van der Waals surface area contributed by atoms with Crippen molar-refractivity contribution in [1.29, 1.82) is 0 Å². The Balaban J connectivity index is 1.39. The van der Waals surface area contributed by atoms with Gasteiger partial charge in [0.1, 0.15) is 34.8 Å². The molecule has 1 saturated heterocycles. The molecule has 0 saturated carbocycles. The molecule has 1 unspecified atom stereocenters. The number of hydrogen-bond acceptors (Lipinski definition) is 9. The average Bonchev–Trinajstić information content (AvgIpc) is 3.58. The summed E-state index contributed by atoms with van der Waals surface area (Å²) in [5.74, 6) is 0.679. The Kier molecular flexibility index (Phi) is 7.47. The summed E-state index contributed by atoms with van der Waals surface area (Å²) in [4.78, 5) is 24.7. The van der Waals surface area contributed by atoms with E-state index in [1.54, 1.807) is 7.11 Å². The zero-order valence-corrected chi connectivity index (χ0v) is 20.7. The molecule has 9 nitrogen and oxygen atoms in total. The first kappa shape index (κ1) is 24.2. The van der Waals surface area contributed by atoms with Crippen LogP contribution < -0.4 is 14.8 Å². The Labute approximate surface area is 202 Å².